The van der Waals surface area contributed by atoms with Crippen LogP contribution in [-0.4, -0.2) is 15.6 Å². The summed E-state index contributed by atoms with van der Waals surface area (Å²) in [6.07, 6.45) is -3.53. The molecule has 7 heteroatoms. The molecule has 0 spiro atoms. The van der Waals surface area contributed by atoms with Crippen LogP contribution < -0.4 is 10.9 Å². The van der Waals surface area contributed by atoms with E-state index in [4.69, 9.17) is 0 Å². The van der Waals surface area contributed by atoms with Crippen LogP contribution in [0.3, 0.4) is 0 Å². The highest BCUT2D eigenvalue weighted by molar-refractivity contribution is 5.51. The first-order valence-electron chi connectivity index (χ1n) is 7.78. The number of aryl methyl sites for hydroxylation is 1. The van der Waals surface area contributed by atoms with Gasteiger partial charge >= 0.3 is 6.18 Å². The molecule has 0 radical (unpaired) electrons. The molecule has 0 unspecified atom stereocenters. The van der Waals surface area contributed by atoms with Gasteiger partial charge in [-0.25, -0.2) is 4.98 Å². The number of nitrogens with zero attached hydrogens (tertiary/aromatic N) is 2. The van der Waals surface area contributed by atoms with Crippen LogP contribution in [0.15, 0.2) is 59.5 Å². The molecule has 2 heterocycles. The highest BCUT2D eigenvalue weighted by Crippen LogP contribution is 2.25. The fraction of sp³-hybridized carbons (Fsp3) is 0.222. The number of alkyl halides is 3. The van der Waals surface area contributed by atoms with Crippen molar-refractivity contribution in [1.29, 1.82) is 0 Å². The summed E-state index contributed by atoms with van der Waals surface area (Å²) in [5, 5.41) is 3.08. The van der Waals surface area contributed by atoms with Gasteiger partial charge in [0.1, 0.15) is 5.65 Å². The van der Waals surface area contributed by atoms with Gasteiger partial charge in [0.05, 0.1) is 12.2 Å². The van der Waals surface area contributed by atoms with Gasteiger partial charge in [-0.2, -0.15) is 13.2 Å². The molecule has 130 valence electrons. The molecule has 0 bridgehead atoms. The Hall–Kier alpha value is -2.83. The number of aromatic nitrogens is 2. The van der Waals surface area contributed by atoms with E-state index in [-0.39, 0.29) is 18.5 Å². The van der Waals surface area contributed by atoms with Gasteiger partial charge in [-0.3, -0.25) is 9.20 Å². The van der Waals surface area contributed by atoms with Gasteiger partial charge < -0.3 is 5.32 Å². The Kier molecular flexibility index (Phi) is 4.74. The third kappa shape index (κ3) is 4.37. The van der Waals surface area contributed by atoms with E-state index < -0.39 is 12.6 Å². The minimum absolute atomic E-state index is 0.0967. The maximum absolute atomic E-state index is 12.4. The van der Waals surface area contributed by atoms with Crippen LogP contribution in [0.25, 0.3) is 5.65 Å². The maximum Gasteiger partial charge on any atom is 0.389 e. The van der Waals surface area contributed by atoms with E-state index in [0.29, 0.717) is 22.6 Å². The van der Waals surface area contributed by atoms with Crippen LogP contribution in [0.4, 0.5) is 18.9 Å². The number of hydrogen-bond acceptors (Lipinski definition) is 3. The summed E-state index contributed by atoms with van der Waals surface area (Å²) < 4.78 is 38.8. The first kappa shape index (κ1) is 17.0. The fourth-order valence-electron chi connectivity index (χ4n) is 2.57. The van der Waals surface area contributed by atoms with Gasteiger partial charge in [-0.15, -0.1) is 0 Å². The largest absolute Gasteiger partial charge is 0.389 e. The molecular formula is C18H16F3N3O. The Morgan fingerprint density at radius 2 is 1.84 bits per heavy atom. The van der Waals surface area contributed by atoms with E-state index >= 15 is 0 Å². The van der Waals surface area contributed by atoms with Crippen LogP contribution >= 0.6 is 0 Å². The van der Waals surface area contributed by atoms with Crippen molar-refractivity contribution < 1.29 is 13.2 Å². The number of fused-ring (bicyclic) bond motifs is 1. The SMILES string of the molecule is O=c1cc(CNc2ccccc2CCC(F)(F)F)nc2ccccn12. The topological polar surface area (TPSA) is 46.4 Å². The Morgan fingerprint density at radius 1 is 1.08 bits per heavy atom. The molecule has 0 fully saturated rings. The maximum atomic E-state index is 12.4. The summed E-state index contributed by atoms with van der Waals surface area (Å²) in [4.78, 5) is 16.4. The summed E-state index contributed by atoms with van der Waals surface area (Å²) in [6.45, 7) is 0.254. The van der Waals surface area contributed by atoms with Crippen molar-refractivity contribution in [3.8, 4) is 0 Å². The molecule has 0 aliphatic carbocycles. The van der Waals surface area contributed by atoms with Crippen molar-refractivity contribution in [2.24, 2.45) is 0 Å². The van der Waals surface area contributed by atoms with E-state index in [9.17, 15) is 18.0 Å². The molecule has 3 rings (SSSR count). The second-order valence-corrected chi connectivity index (χ2v) is 5.64. The molecule has 25 heavy (non-hydrogen) atoms. The number of halogens is 3. The van der Waals surface area contributed by atoms with E-state index in [1.807, 2.05) is 0 Å². The average Bonchev–Trinajstić information content (AvgIpc) is 2.58. The molecule has 0 saturated heterocycles. The molecule has 4 nitrogen and oxygen atoms in total. The molecule has 0 aliphatic rings. The molecule has 0 saturated carbocycles. The molecule has 2 aromatic heterocycles. The first-order valence-corrected chi connectivity index (χ1v) is 7.78. The molecule has 0 atom stereocenters. The monoisotopic (exact) mass is 347 g/mol. The van der Waals surface area contributed by atoms with Crippen molar-refractivity contribution >= 4 is 11.3 Å². The average molecular weight is 347 g/mol. The Morgan fingerprint density at radius 3 is 2.64 bits per heavy atom. The summed E-state index contributed by atoms with van der Waals surface area (Å²) in [5.41, 5.74) is 2.05. The lowest BCUT2D eigenvalue weighted by Crippen LogP contribution is -2.16. The molecule has 0 aliphatic heterocycles. The molecule has 3 aromatic rings. The molecule has 0 amide bonds. The number of rotatable bonds is 5. The van der Waals surface area contributed by atoms with Gasteiger partial charge in [0.2, 0.25) is 0 Å². The zero-order valence-corrected chi connectivity index (χ0v) is 13.3. The van der Waals surface area contributed by atoms with Gasteiger partial charge in [0.15, 0.2) is 0 Å². The highest BCUT2D eigenvalue weighted by Gasteiger charge is 2.26. The predicted octanol–water partition coefficient (Wildman–Crippen LogP) is 3.80. The highest BCUT2D eigenvalue weighted by atomic mass is 19.4. The third-order valence-electron chi connectivity index (χ3n) is 3.78. The second-order valence-electron chi connectivity index (χ2n) is 5.64. The Bertz CT molecular complexity index is 934. The van der Waals surface area contributed by atoms with E-state index in [1.54, 1.807) is 48.7 Å². The molecule has 1 N–H and O–H groups in total. The summed E-state index contributed by atoms with van der Waals surface area (Å²) in [5.74, 6) is 0. The van der Waals surface area contributed by atoms with Crippen LogP contribution in [0.5, 0.6) is 0 Å². The van der Waals surface area contributed by atoms with E-state index in [2.05, 4.69) is 10.3 Å². The van der Waals surface area contributed by atoms with Crippen molar-refractivity contribution in [1.82, 2.24) is 9.38 Å². The number of anilines is 1. The first-order chi connectivity index (χ1) is 11.9. The zero-order valence-electron chi connectivity index (χ0n) is 13.3. The minimum atomic E-state index is -4.19. The van der Waals surface area contributed by atoms with Crippen LogP contribution in [0.1, 0.15) is 17.7 Å². The molecule has 1 aromatic carbocycles. The predicted molar refractivity (Wildman–Crippen MR) is 89.6 cm³/mol. The lowest BCUT2D eigenvalue weighted by Gasteiger charge is -2.13. The van der Waals surface area contributed by atoms with Crippen LogP contribution in [0, 0.1) is 0 Å². The second kappa shape index (κ2) is 6.96. The number of pyridine rings is 1. The van der Waals surface area contributed by atoms with Gasteiger partial charge in [-0.05, 0) is 30.2 Å². The zero-order chi connectivity index (χ0) is 17.9. The normalized spacial score (nSPS) is 11.6. The number of hydrogen-bond donors (Lipinski definition) is 1. The Labute approximate surface area is 142 Å². The molecular weight excluding hydrogens is 331 g/mol. The summed E-state index contributed by atoms with van der Waals surface area (Å²) in [6, 6.07) is 13.5. The van der Waals surface area contributed by atoms with Crippen molar-refractivity contribution in [2.45, 2.75) is 25.6 Å². The van der Waals surface area contributed by atoms with Crippen molar-refractivity contribution in [3.63, 3.8) is 0 Å². The van der Waals surface area contributed by atoms with Crippen molar-refractivity contribution in [3.05, 3.63) is 76.3 Å². The van der Waals surface area contributed by atoms with Crippen LogP contribution in [0.2, 0.25) is 0 Å². The van der Waals surface area contributed by atoms with Crippen LogP contribution in [-0.2, 0) is 13.0 Å². The fourth-order valence-corrected chi connectivity index (χ4v) is 2.57. The van der Waals surface area contributed by atoms with Gasteiger partial charge in [0, 0.05) is 24.4 Å². The number of para-hydroxylation sites is 1. The number of benzene rings is 1. The summed E-state index contributed by atoms with van der Waals surface area (Å²) in [7, 11) is 0. The Balaban J connectivity index is 1.77. The summed E-state index contributed by atoms with van der Waals surface area (Å²) >= 11 is 0. The van der Waals surface area contributed by atoms with Crippen molar-refractivity contribution in [2.75, 3.05) is 5.32 Å². The minimum Gasteiger partial charge on any atom is -0.379 e. The van der Waals surface area contributed by atoms with Gasteiger partial charge in [0.25, 0.3) is 5.56 Å². The van der Waals surface area contributed by atoms with E-state index in [1.165, 1.54) is 10.5 Å². The van der Waals surface area contributed by atoms with E-state index in [0.717, 1.165) is 0 Å². The lowest BCUT2D eigenvalue weighted by molar-refractivity contribution is -0.133. The third-order valence-corrected chi connectivity index (χ3v) is 3.78. The van der Waals surface area contributed by atoms with Gasteiger partial charge in [-0.1, -0.05) is 24.3 Å². The smallest absolute Gasteiger partial charge is 0.379 e. The standard InChI is InChI=1S/C18H16F3N3O/c19-18(20,21)9-8-13-5-1-2-6-15(13)22-12-14-11-17(25)24-10-4-3-7-16(24)23-14/h1-7,10-11,22H,8-9,12H2. The lowest BCUT2D eigenvalue weighted by atomic mass is 10.1. The quantitative estimate of drug-likeness (QED) is 0.764. The number of nitrogens with one attached hydrogen (secondary N) is 1.